The van der Waals surface area contributed by atoms with Gasteiger partial charge < -0.3 is 5.11 Å². The molecule has 0 amide bonds. The van der Waals surface area contributed by atoms with Gasteiger partial charge in [-0.2, -0.15) is 4.52 Å². The number of benzene rings is 1. The molecule has 1 aliphatic heterocycles. The summed E-state index contributed by atoms with van der Waals surface area (Å²) in [6, 6.07) is 7.89. The van der Waals surface area contributed by atoms with E-state index in [0.29, 0.717) is 22.7 Å². The molecule has 1 fully saturated rings. The van der Waals surface area contributed by atoms with Gasteiger partial charge in [-0.3, -0.25) is 4.90 Å². The van der Waals surface area contributed by atoms with Gasteiger partial charge in [0, 0.05) is 18.1 Å². The molecule has 0 spiro atoms. The summed E-state index contributed by atoms with van der Waals surface area (Å²) in [6.45, 7) is 8.41. The quantitative estimate of drug-likeness (QED) is 0.714. The first-order valence-electron chi connectivity index (χ1n) is 8.97. The number of nitrogens with zero attached hydrogens (tertiary/aromatic N) is 4. The molecule has 1 saturated heterocycles. The van der Waals surface area contributed by atoms with E-state index in [0.717, 1.165) is 28.5 Å². The number of aromatic nitrogens is 3. The minimum absolute atomic E-state index is 0.0484. The van der Waals surface area contributed by atoms with E-state index >= 15 is 0 Å². The van der Waals surface area contributed by atoms with Gasteiger partial charge in [0.25, 0.3) is 0 Å². The lowest BCUT2D eigenvalue weighted by molar-refractivity contribution is 0.112. The van der Waals surface area contributed by atoms with Gasteiger partial charge in [-0.15, -0.1) is 5.10 Å². The molecule has 0 bridgehead atoms. The van der Waals surface area contributed by atoms with Crippen LogP contribution in [0.3, 0.4) is 0 Å². The SMILES string of the molecule is Cc1nc2sc(C(c3cccc(Cl)c3)N3CC(C)CC(C)C3)c(O)n2n1. The molecule has 1 aliphatic rings. The van der Waals surface area contributed by atoms with E-state index in [1.54, 1.807) is 4.52 Å². The van der Waals surface area contributed by atoms with Crippen LogP contribution in [0.25, 0.3) is 4.96 Å². The van der Waals surface area contributed by atoms with Crippen LogP contribution in [-0.4, -0.2) is 37.7 Å². The molecule has 0 saturated carbocycles. The molecule has 3 heterocycles. The zero-order valence-electron chi connectivity index (χ0n) is 15.2. The first-order chi connectivity index (χ1) is 12.4. The summed E-state index contributed by atoms with van der Waals surface area (Å²) in [5, 5.41) is 15.9. The number of likely N-dealkylation sites (tertiary alicyclic amines) is 1. The molecule has 4 rings (SSSR count). The molecule has 26 heavy (non-hydrogen) atoms. The predicted molar refractivity (Wildman–Crippen MR) is 105 cm³/mol. The number of hydrogen-bond acceptors (Lipinski definition) is 5. The Morgan fingerprint density at radius 2 is 2.00 bits per heavy atom. The second-order valence-electron chi connectivity index (χ2n) is 7.50. The fourth-order valence-corrected chi connectivity index (χ4v) is 5.51. The zero-order valence-corrected chi connectivity index (χ0v) is 16.8. The first-order valence-corrected chi connectivity index (χ1v) is 10.2. The van der Waals surface area contributed by atoms with Crippen molar-refractivity contribution in [1.82, 2.24) is 19.5 Å². The second-order valence-corrected chi connectivity index (χ2v) is 8.95. The molecule has 138 valence electrons. The fraction of sp³-hybridized carbons (Fsp3) is 0.474. The smallest absolute Gasteiger partial charge is 0.230 e. The maximum atomic E-state index is 10.9. The van der Waals surface area contributed by atoms with Crippen LogP contribution in [0.4, 0.5) is 0 Å². The second kappa shape index (κ2) is 6.83. The van der Waals surface area contributed by atoms with Crippen LogP contribution in [0.2, 0.25) is 5.02 Å². The summed E-state index contributed by atoms with van der Waals surface area (Å²) >= 11 is 7.79. The van der Waals surface area contributed by atoms with Gasteiger partial charge in [0.1, 0.15) is 5.82 Å². The molecule has 5 nitrogen and oxygen atoms in total. The number of piperidine rings is 1. The van der Waals surface area contributed by atoms with Crippen LogP contribution in [0.15, 0.2) is 24.3 Å². The Balaban J connectivity index is 1.84. The molecule has 3 aromatic rings. The van der Waals surface area contributed by atoms with Crippen molar-refractivity contribution in [2.24, 2.45) is 11.8 Å². The van der Waals surface area contributed by atoms with Crippen LogP contribution in [0.5, 0.6) is 5.88 Å². The molecule has 0 aliphatic carbocycles. The van der Waals surface area contributed by atoms with Gasteiger partial charge >= 0.3 is 0 Å². The highest BCUT2D eigenvalue weighted by Gasteiger charge is 2.33. The van der Waals surface area contributed by atoms with Crippen LogP contribution >= 0.6 is 22.9 Å². The van der Waals surface area contributed by atoms with Crippen molar-refractivity contribution in [2.75, 3.05) is 13.1 Å². The van der Waals surface area contributed by atoms with E-state index in [1.807, 2.05) is 25.1 Å². The molecular formula is C19H23ClN4OS. The molecule has 1 aromatic carbocycles. The number of halogens is 1. The van der Waals surface area contributed by atoms with Crippen molar-refractivity contribution in [3.8, 4) is 5.88 Å². The molecule has 3 unspecified atom stereocenters. The van der Waals surface area contributed by atoms with Crippen LogP contribution in [0, 0.1) is 18.8 Å². The minimum Gasteiger partial charge on any atom is -0.492 e. The van der Waals surface area contributed by atoms with Crippen LogP contribution in [0.1, 0.15) is 42.6 Å². The van der Waals surface area contributed by atoms with E-state index in [9.17, 15) is 5.11 Å². The Labute approximate surface area is 162 Å². The third-order valence-electron chi connectivity index (χ3n) is 4.98. The Kier molecular flexibility index (Phi) is 4.67. The van der Waals surface area contributed by atoms with E-state index in [4.69, 9.17) is 11.6 Å². The standard InChI is InChI=1S/C19H23ClN4OS/c1-11-7-12(2)10-23(9-11)16(14-5-4-6-15(20)8-14)17-18(25)24-19(26-17)21-13(3)22-24/h4-6,8,11-12,16,25H,7,9-10H2,1-3H3. The molecule has 2 aromatic heterocycles. The van der Waals surface area contributed by atoms with Gasteiger partial charge in [0.2, 0.25) is 10.8 Å². The normalized spacial score (nSPS) is 22.8. The van der Waals surface area contributed by atoms with Crippen molar-refractivity contribution >= 4 is 27.9 Å². The Bertz CT molecular complexity index is 927. The summed E-state index contributed by atoms with van der Waals surface area (Å²) in [5.41, 5.74) is 1.09. The van der Waals surface area contributed by atoms with Crippen molar-refractivity contribution in [3.63, 3.8) is 0 Å². The predicted octanol–water partition coefficient (Wildman–Crippen LogP) is 4.53. The van der Waals surface area contributed by atoms with Gasteiger partial charge in [-0.05, 0) is 42.9 Å². The van der Waals surface area contributed by atoms with Crippen molar-refractivity contribution < 1.29 is 5.11 Å². The number of fused-ring (bicyclic) bond motifs is 1. The zero-order chi connectivity index (χ0) is 18.4. The van der Waals surface area contributed by atoms with Gasteiger partial charge in [-0.25, -0.2) is 4.98 Å². The maximum absolute atomic E-state index is 10.9. The summed E-state index contributed by atoms with van der Waals surface area (Å²) in [5.74, 6) is 2.08. The highest BCUT2D eigenvalue weighted by molar-refractivity contribution is 7.17. The highest BCUT2D eigenvalue weighted by Crippen LogP contribution is 2.42. The highest BCUT2D eigenvalue weighted by atomic mass is 35.5. The van der Waals surface area contributed by atoms with E-state index in [1.165, 1.54) is 17.8 Å². The van der Waals surface area contributed by atoms with E-state index in [2.05, 4.69) is 34.9 Å². The lowest BCUT2D eigenvalue weighted by Crippen LogP contribution is -2.41. The maximum Gasteiger partial charge on any atom is 0.230 e. The van der Waals surface area contributed by atoms with Crippen molar-refractivity contribution in [3.05, 3.63) is 45.6 Å². The monoisotopic (exact) mass is 390 g/mol. The van der Waals surface area contributed by atoms with Crippen molar-refractivity contribution in [1.29, 1.82) is 0 Å². The van der Waals surface area contributed by atoms with E-state index < -0.39 is 0 Å². The third-order valence-corrected chi connectivity index (χ3v) is 6.29. The Morgan fingerprint density at radius 3 is 2.65 bits per heavy atom. The molecule has 0 radical (unpaired) electrons. The van der Waals surface area contributed by atoms with Crippen LogP contribution in [-0.2, 0) is 0 Å². The minimum atomic E-state index is -0.0484. The lowest BCUT2D eigenvalue weighted by atomic mass is 9.89. The number of rotatable bonds is 3. The summed E-state index contributed by atoms with van der Waals surface area (Å²) in [4.78, 5) is 8.49. The Hall–Kier alpha value is -1.63. The molecular weight excluding hydrogens is 368 g/mol. The topological polar surface area (TPSA) is 53.7 Å². The summed E-state index contributed by atoms with van der Waals surface area (Å²) in [6.07, 6.45) is 1.24. The van der Waals surface area contributed by atoms with Gasteiger partial charge in [-0.1, -0.05) is 48.9 Å². The summed E-state index contributed by atoms with van der Waals surface area (Å²) in [7, 11) is 0. The fourth-order valence-electron chi connectivity index (χ4n) is 4.15. The Morgan fingerprint density at radius 1 is 1.27 bits per heavy atom. The average molecular weight is 391 g/mol. The van der Waals surface area contributed by atoms with Crippen molar-refractivity contribution in [2.45, 2.75) is 33.2 Å². The van der Waals surface area contributed by atoms with Gasteiger partial charge in [0.15, 0.2) is 0 Å². The summed E-state index contributed by atoms with van der Waals surface area (Å²) < 4.78 is 1.55. The number of hydrogen-bond donors (Lipinski definition) is 1. The average Bonchev–Trinajstić information content (AvgIpc) is 3.05. The lowest BCUT2D eigenvalue weighted by Gasteiger charge is -2.40. The molecule has 3 atom stereocenters. The number of aromatic hydroxyl groups is 1. The largest absolute Gasteiger partial charge is 0.492 e. The molecule has 1 N–H and O–H groups in total. The third kappa shape index (κ3) is 3.21. The number of aryl methyl sites for hydroxylation is 1. The van der Waals surface area contributed by atoms with Gasteiger partial charge in [0.05, 0.1) is 10.9 Å². The van der Waals surface area contributed by atoms with E-state index in [-0.39, 0.29) is 11.9 Å². The first kappa shape index (κ1) is 17.8. The molecule has 7 heteroatoms. The van der Waals surface area contributed by atoms with Crippen LogP contribution < -0.4 is 0 Å². The number of thiazole rings is 1.